The number of amidine groups is 1. The summed E-state index contributed by atoms with van der Waals surface area (Å²) in [6.07, 6.45) is 0.410. The second-order valence-corrected chi connectivity index (χ2v) is 8.24. The van der Waals surface area contributed by atoms with Gasteiger partial charge in [-0.1, -0.05) is 43.0 Å². The van der Waals surface area contributed by atoms with Crippen LogP contribution in [-0.2, 0) is 14.8 Å². The van der Waals surface area contributed by atoms with Gasteiger partial charge in [0.25, 0.3) is 10.0 Å². The first-order valence-corrected chi connectivity index (χ1v) is 10.2. The van der Waals surface area contributed by atoms with Crippen LogP contribution in [-0.4, -0.2) is 24.7 Å². The predicted molar refractivity (Wildman–Crippen MR) is 101 cm³/mol. The number of anilines is 2. The maximum absolute atomic E-state index is 13.7. The van der Waals surface area contributed by atoms with E-state index in [2.05, 4.69) is 15.0 Å². The molecule has 0 unspecified atom stereocenters. The number of para-hydroxylation sites is 2. The van der Waals surface area contributed by atoms with Gasteiger partial charge >= 0.3 is 0 Å². The normalized spacial score (nSPS) is 16.0. The van der Waals surface area contributed by atoms with Gasteiger partial charge in [0.05, 0.1) is 16.6 Å². The Kier molecular flexibility index (Phi) is 5.28. The van der Waals surface area contributed by atoms with Gasteiger partial charge in [0.1, 0.15) is 10.7 Å². The minimum Gasteiger partial charge on any atom is -0.333 e. The van der Waals surface area contributed by atoms with Gasteiger partial charge in [-0.25, -0.2) is 4.39 Å². The minimum atomic E-state index is -3.82. The average Bonchev–Trinajstić information content (AvgIpc) is 2.61. The van der Waals surface area contributed by atoms with E-state index in [1.165, 1.54) is 24.3 Å². The molecule has 0 fully saturated rings. The smallest absolute Gasteiger partial charge is 0.286 e. The molecule has 0 aromatic heterocycles. The predicted octanol–water partition coefficient (Wildman–Crippen LogP) is 3.45. The number of benzene rings is 2. The highest BCUT2D eigenvalue weighted by molar-refractivity contribution is 8.16. The van der Waals surface area contributed by atoms with E-state index in [9.17, 15) is 17.6 Å². The van der Waals surface area contributed by atoms with Gasteiger partial charge in [-0.05, 0) is 30.7 Å². The molecule has 1 heterocycles. The Morgan fingerprint density at radius 2 is 1.92 bits per heavy atom. The summed E-state index contributed by atoms with van der Waals surface area (Å²) in [7, 11) is -3.82. The molecule has 0 saturated carbocycles. The summed E-state index contributed by atoms with van der Waals surface area (Å²) < 4.78 is 42.0. The number of nitrogens with one attached hydrogen (secondary N) is 2. The Labute approximate surface area is 155 Å². The molecule has 1 amide bonds. The molecule has 0 spiro atoms. The molecule has 3 rings (SSSR count). The molecular formula is C17H16FN3O3S2. The first kappa shape index (κ1) is 18.4. The van der Waals surface area contributed by atoms with Crippen LogP contribution in [0, 0.1) is 5.82 Å². The molecule has 0 aliphatic carbocycles. The topological polar surface area (TPSA) is 87.6 Å². The standard InChI is InChI=1S/C17H16FN3O3S2/c1-2-14(16(22)19-12-8-4-3-7-11(12)18)25-17-20-13-9-5-6-10-15(13)26(23,24)21-17/h3-10,14H,2H2,1H3,(H,19,22)(H,20,21)/t14-/m0/s1. The van der Waals surface area contributed by atoms with Gasteiger partial charge in [0, 0.05) is 0 Å². The summed E-state index contributed by atoms with van der Waals surface area (Å²) in [4.78, 5) is 12.5. The van der Waals surface area contributed by atoms with E-state index >= 15 is 0 Å². The van der Waals surface area contributed by atoms with Crippen molar-refractivity contribution in [2.24, 2.45) is 4.40 Å². The van der Waals surface area contributed by atoms with E-state index in [0.717, 1.165) is 11.8 Å². The number of rotatable bonds is 4. The van der Waals surface area contributed by atoms with Crippen molar-refractivity contribution in [1.29, 1.82) is 0 Å². The lowest BCUT2D eigenvalue weighted by Crippen LogP contribution is -2.29. The molecule has 9 heteroatoms. The summed E-state index contributed by atoms with van der Waals surface area (Å²) in [6, 6.07) is 12.3. The molecule has 0 bridgehead atoms. The zero-order valence-electron chi connectivity index (χ0n) is 13.8. The molecule has 1 atom stereocenters. The largest absolute Gasteiger partial charge is 0.333 e. The Hall–Kier alpha value is -2.39. The van der Waals surface area contributed by atoms with Crippen LogP contribution in [0.1, 0.15) is 13.3 Å². The Morgan fingerprint density at radius 3 is 2.65 bits per heavy atom. The van der Waals surface area contributed by atoms with Gasteiger partial charge in [-0.3, -0.25) is 4.79 Å². The summed E-state index contributed by atoms with van der Waals surface area (Å²) in [6.45, 7) is 1.78. The van der Waals surface area contributed by atoms with E-state index in [1.54, 1.807) is 31.2 Å². The number of amides is 1. The van der Waals surface area contributed by atoms with Crippen LogP contribution in [0.3, 0.4) is 0 Å². The van der Waals surface area contributed by atoms with E-state index in [0.29, 0.717) is 12.1 Å². The van der Waals surface area contributed by atoms with Gasteiger partial charge < -0.3 is 10.6 Å². The molecule has 0 radical (unpaired) electrons. The molecule has 0 saturated heterocycles. The van der Waals surface area contributed by atoms with Crippen LogP contribution in [0.15, 0.2) is 57.8 Å². The van der Waals surface area contributed by atoms with Crippen molar-refractivity contribution in [3.8, 4) is 0 Å². The highest BCUT2D eigenvalue weighted by Gasteiger charge is 2.28. The third-order valence-electron chi connectivity index (χ3n) is 3.66. The minimum absolute atomic E-state index is 0.0769. The molecule has 6 nitrogen and oxygen atoms in total. The number of halogens is 1. The second kappa shape index (κ2) is 7.46. The number of hydrogen-bond donors (Lipinski definition) is 2. The number of fused-ring (bicyclic) bond motifs is 1. The van der Waals surface area contributed by atoms with Crippen molar-refractivity contribution in [3.05, 3.63) is 54.3 Å². The fraction of sp³-hybridized carbons (Fsp3) is 0.176. The highest BCUT2D eigenvalue weighted by atomic mass is 32.2. The quantitative estimate of drug-likeness (QED) is 0.831. The lowest BCUT2D eigenvalue weighted by atomic mass is 10.2. The van der Waals surface area contributed by atoms with Crippen molar-refractivity contribution in [1.82, 2.24) is 0 Å². The number of carbonyl (C=O) groups is 1. The van der Waals surface area contributed by atoms with Crippen LogP contribution in [0.25, 0.3) is 0 Å². The summed E-state index contributed by atoms with van der Waals surface area (Å²) in [5.41, 5.74) is 0.488. The van der Waals surface area contributed by atoms with Crippen molar-refractivity contribution >= 4 is 44.2 Å². The number of sulfonamides is 1. The van der Waals surface area contributed by atoms with E-state index in [-0.39, 0.29) is 15.8 Å². The molecule has 136 valence electrons. The highest BCUT2D eigenvalue weighted by Crippen LogP contribution is 2.31. The van der Waals surface area contributed by atoms with Crippen LogP contribution < -0.4 is 10.6 Å². The summed E-state index contributed by atoms with van der Waals surface area (Å²) in [5.74, 6) is -0.964. The molecule has 2 N–H and O–H groups in total. The third kappa shape index (κ3) is 3.88. The zero-order chi connectivity index (χ0) is 18.7. The van der Waals surface area contributed by atoms with Crippen LogP contribution in [0.4, 0.5) is 15.8 Å². The lowest BCUT2D eigenvalue weighted by molar-refractivity contribution is -0.115. The molecule has 2 aromatic rings. The number of nitrogens with zero attached hydrogens (tertiary/aromatic N) is 1. The van der Waals surface area contributed by atoms with Crippen LogP contribution in [0.2, 0.25) is 0 Å². The van der Waals surface area contributed by atoms with Gasteiger partial charge in [-0.2, -0.15) is 8.42 Å². The average molecular weight is 393 g/mol. The van der Waals surface area contributed by atoms with Gasteiger partial charge in [0.15, 0.2) is 5.17 Å². The molecule has 2 aromatic carbocycles. The Bertz CT molecular complexity index is 977. The maximum atomic E-state index is 13.7. The molecule has 1 aliphatic rings. The number of hydrogen-bond acceptors (Lipinski definition) is 5. The van der Waals surface area contributed by atoms with Crippen molar-refractivity contribution in [3.63, 3.8) is 0 Å². The first-order chi connectivity index (χ1) is 12.4. The number of thioether (sulfide) groups is 1. The lowest BCUT2D eigenvalue weighted by Gasteiger charge is -2.20. The number of carbonyl (C=O) groups excluding carboxylic acids is 1. The summed E-state index contributed by atoms with van der Waals surface area (Å²) in [5, 5.41) is 4.92. The first-order valence-electron chi connectivity index (χ1n) is 7.84. The molecular weight excluding hydrogens is 377 g/mol. The van der Waals surface area contributed by atoms with Gasteiger partial charge in [0.2, 0.25) is 5.91 Å². The van der Waals surface area contributed by atoms with E-state index < -0.39 is 27.0 Å². The fourth-order valence-electron chi connectivity index (χ4n) is 2.37. The van der Waals surface area contributed by atoms with Crippen LogP contribution in [0.5, 0.6) is 0 Å². The van der Waals surface area contributed by atoms with Gasteiger partial charge in [-0.15, -0.1) is 4.40 Å². The summed E-state index contributed by atoms with van der Waals surface area (Å²) >= 11 is 0.990. The maximum Gasteiger partial charge on any atom is 0.286 e. The molecule has 26 heavy (non-hydrogen) atoms. The van der Waals surface area contributed by atoms with E-state index in [1.807, 2.05) is 0 Å². The third-order valence-corrected chi connectivity index (χ3v) is 6.36. The van der Waals surface area contributed by atoms with Crippen LogP contribution >= 0.6 is 11.8 Å². The second-order valence-electron chi connectivity index (χ2n) is 5.48. The van der Waals surface area contributed by atoms with Crippen molar-refractivity contribution < 1.29 is 17.6 Å². The Morgan fingerprint density at radius 1 is 1.23 bits per heavy atom. The fourth-order valence-corrected chi connectivity index (χ4v) is 4.62. The van der Waals surface area contributed by atoms with Crippen molar-refractivity contribution in [2.75, 3.05) is 10.6 Å². The molecule has 1 aliphatic heterocycles. The van der Waals surface area contributed by atoms with E-state index in [4.69, 9.17) is 0 Å². The SMILES string of the molecule is CC[C@H](SC1=NS(=O)(=O)c2ccccc2N1)C(=O)Nc1ccccc1F. The van der Waals surface area contributed by atoms with Crippen molar-refractivity contribution in [2.45, 2.75) is 23.5 Å². The monoisotopic (exact) mass is 393 g/mol. The zero-order valence-corrected chi connectivity index (χ0v) is 15.4. The Balaban J connectivity index is 1.78.